The van der Waals surface area contributed by atoms with Gasteiger partial charge in [0.15, 0.2) is 0 Å². The molecular formula is C14H23N3O. The number of β-amino-alcohol motifs (C(OH)–C–C–N with tert-alkyl or cyclic N) is 1. The molecule has 1 heterocycles. The Bertz CT molecular complexity index is 370. The minimum atomic E-state index is 0.259. The first-order valence-electron chi connectivity index (χ1n) is 6.69. The van der Waals surface area contributed by atoms with Crippen LogP contribution in [0, 0.1) is 0 Å². The van der Waals surface area contributed by atoms with Crippen LogP contribution in [0.4, 0.5) is 11.4 Å². The first-order valence-corrected chi connectivity index (χ1v) is 6.69. The fourth-order valence-corrected chi connectivity index (χ4v) is 2.45. The average molecular weight is 249 g/mol. The van der Waals surface area contributed by atoms with Gasteiger partial charge in [-0.2, -0.15) is 0 Å². The van der Waals surface area contributed by atoms with Crippen molar-refractivity contribution in [3.05, 3.63) is 24.3 Å². The van der Waals surface area contributed by atoms with Crippen molar-refractivity contribution in [3.8, 4) is 0 Å². The molecule has 100 valence electrons. The van der Waals surface area contributed by atoms with Gasteiger partial charge in [-0.15, -0.1) is 0 Å². The average Bonchev–Trinajstić information content (AvgIpc) is 2.65. The van der Waals surface area contributed by atoms with Crippen LogP contribution < -0.4 is 10.2 Å². The molecule has 0 atom stereocenters. The van der Waals surface area contributed by atoms with Gasteiger partial charge in [0.25, 0.3) is 0 Å². The number of benzene rings is 1. The fraction of sp³-hybridized carbons (Fsp3) is 0.571. The topological polar surface area (TPSA) is 38.7 Å². The molecule has 0 unspecified atom stereocenters. The molecule has 1 aliphatic heterocycles. The minimum Gasteiger partial charge on any atom is -0.395 e. The number of hydrogen-bond acceptors (Lipinski definition) is 4. The van der Waals surface area contributed by atoms with Crippen molar-refractivity contribution in [1.29, 1.82) is 0 Å². The van der Waals surface area contributed by atoms with Crippen LogP contribution in [0.2, 0.25) is 0 Å². The number of hydrogen-bond donors (Lipinski definition) is 2. The normalized spacial score (nSPS) is 17.6. The molecule has 1 aromatic rings. The Morgan fingerprint density at radius 1 is 1.22 bits per heavy atom. The summed E-state index contributed by atoms with van der Waals surface area (Å²) in [5, 5.41) is 12.2. The van der Waals surface area contributed by atoms with Crippen LogP contribution >= 0.6 is 0 Å². The Balaban J connectivity index is 2.00. The molecule has 0 bridgehead atoms. The van der Waals surface area contributed by atoms with Gasteiger partial charge in [-0.3, -0.25) is 4.90 Å². The summed E-state index contributed by atoms with van der Waals surface area (Å²) in [6.07, 6.45) is 1.16. The van der Waals surface area contributed by atoms with E-state index in [9.17, 15) is 0 Å². The van der Waals surface area contributed by atoms with Crippen molar-refractivity contribution in [2.45, 2.75) is 6.42 Å². The third-order valence-electron chi connectivity index (χ3n) is 3.50. The Morgan fingerprint density at radius 2 is 2.11 bits per heavy atom. The molecule has 0 spiro atoms. The second-order valence-corrected chi connectivity index (χ2v) is 4.71. The van der Waals surface area contributed by atoms with Crippen molar-refractivity contribution in [2.75, 3.05) is 56.6 Å². The highest BCUT2D eigenvalue weighted by Crippen LogP contribution is 2.20. The number of anilines is 2. The first kappa shape index (κ1) is 13.2. The second kappa shape index (κ2) is 6.61. The van der Waals surface area contributed by atoms with Crippen molar-refractivity contribution < 1.29 is 5.11 Å². The summed E-state index contributed by atoms with van der Waals surface area (Å²) in [6, 6.07) is 8.54. The zero-order chi connectivity index (χ0) is 12.8. The quantitative estimate of drug-likeness (QED) is 0.842. The van der Waals surface area contributed by atoms with Crippen LogP contribution in [0.5, 0.6) is 0 Å². The van der Waals surface area contributed by atoms with Gasteiger partial charge >= 0.3 is 0 Å². The number of aliphatic hydroxyl groups excluding tert-OH is 1. The highest BCUT2D eigenvalue weighted by Gasteiger charge is 2.14. The van der Waals surface area contributed by atoms with E-state index in [0.717, 1.165) is 44.8 Å². The third-order valence-corrected chi connectivity index (χ3v) is 3.50. The van der Waals surface area contributed by atoms with E-state index in [2.05, 4.69) is 39.4 Å². The number of aliphatic hydroxyl groups is 1. The highest BCUT2D eigenvalue weighted by atomic mass is 16.3. The summed E-state index contributed by atoms with van der Waals surface area (Å²) in [5.41, 5.74) is 2.44. The third kappa shape index (κ3) is 3.37. The lowest BCUT2D eigenvalue weighted by atomic mass is 10.2. The molecule has 0 radical (unpaired) electrons. The Morgan fingerprint density at radius 3 is 2.89 bits per heavy atom. The van der Waals surface area contributed by atoms with Gasteiger partial charge in [0, 0.05) is 44.6 Å². The summed E-state index contributed by atoms with van der Waals surface area (Å²) in [7, 11) is 1.95. The lowest BCUT2D eigenvalue weighted by Gasteiger charge is -2.24. The molecule has 1 fully saturated rings. The van der Waals surface area contributed by atoms with E-state index in [1.165, 1.54) is 5.69 Å². The minimum absolute atomic E-state index is 0.259. The number of nitrogens with one attached hydrogen (secondary N) is 1. The summed E-state index contributed by atoms with van der Waals surface area (Å²) in [5.74, 6) is 0. The molecule has 0 aliphatic carbocycles. The molecule has 1 aliphatic rings. The van der Waals surface area contributed by atoms with Crippen molar-refractivity contribution in [2.24, 2.45) is 0 Å². The van der Waals surface area contributed by atoms with Crippen molar-refractivity contribution in [3.63, 3.8) is 0 Å². The Hall–Kier alpha value is -1.26. The van der Waals surface area contributed by atoms with Crippen LogP contribution in [0.15, 0.2) is 24.3 Å². The summed E-state index contributed by atoms with van der Waals surface area (Å²) < 4.78 is 0. The first-order chi connectivity index (χ1) is 8.83. The summed E-state index contributed by atoms with van der Waals surface area (Å²) >= 11 is 0. The standard InChI is InChI=1S/C14H23N3O/c1-15-13-4-2-5-14(12-13)17-7-3-6-16(8-9-17)10-11-18/h2,4-5,12,15,18H,3,6-11H2,1H3. The van der Waals surface area contributed by atoms with Gasteiger partial charge in [-0.25, -0.2) is 0 Å². The molecule has 4 nitrogen and oxygen atoms in total. The smallest absolute Gasteiger partial charge is 0.0558 e. The molecule has 2 rings (SSSR count). The van der Waals surface area contributed by atoms with Gasteiger partial charge in [0.2, 0.25) is 0 Å². The van der Waals surface area contributed by atoms with E-state index in [4.69, 9.17) is 5.11 Å². The maximum absolute atomic E-state index is 9.00. The molecule has 4 heteroatoms. The van der Waals surface area contributed by atoms with Crippen molar-refractivity contribution >= 4 is 11.4 Å². The SMILES string of the molecule is CNc1cccc(N2CCCN(CCO)CC2)c1. The van der Waals surface area contributed by atoms with Gasteiger partial charge in [0.05, 0.1) is 6.61 Å². The largest absolute Gasteiger partial charge is 0.395 e. The highest BCUT2D eigenvalue weighted by molar-refractivity contribution is 5.57. The molecule has 0 aromatic heterocycles. The molecule has 1 saturated heterocycles. The fourth-order valence-electron chi connectivity index (χ4n) is 2.45. The second-order valence-electron chi connectivity index (χ2n) is 4.71. The molecule has 0 saturated carbocycles. The Labute approximate surface area is 109 Å². The van der Waals surface area contributed by atoms with Gasteiger partial charge in [-0.05, 0) is 31.2 Å². The molecule has 2 N–H and O–H groups in total. The Kier molecular flexibility index (Phi) is 4.84. The van der Waals surface area contributed by atoms with E-state index in [1.807, 2.05) is 7.05 Å². The van der Waals surface area contributed by atoms with Crippen molar-refractivity contribution in [1.82, 2.24) is 4.90 Å². The van der Waals surface area contributed by atoms with Crippen LogP contribution in [-0.4, -0.2) is 56.4 Å². The van der Waals surface area contributed by atoms with E-state index in [0.29, 0.717) is 0 Å². The van der Waals surface area contributed by atoms with E-state index < -0.39 is 0 Å². The van der Waals surface area contributed by atoms with E-state index >= 15 is 0 Å². The van der Waals surface area contributed by atoms with Gasteiger partial charge in [0.1, 0.15) is 0 Å². The maximum atomic E-state index is 9.00. The molecular weight excluding hydrogens is 226 g/mol. The molecule has 18 heavy (non-hydrogen) atoms. The lowest BCUT2D eigenvalue weighted by Crippen LogP contribution is -2.32. The van der Waals surface area contributed by atoms with Gasteiger partial charge < -0.3 is 15.3 Å². The molecule has 0 amide bonds. The number of rotatable bonds is 4. The summed E-state index contributed by atoms with van der Waals surface area (Å²) in [6.45, 7) is 5.30. The predicted molar refractivity (Wildman–Crippen MR) is 76.3 cm³/mol. The van der Waals surface area contributed by atoms with E-state index in [-0.39, 0.29) is 6.61 Å². The summed E-state index contributed by atoms with van der Waals surface area (Å²) in [4.78, 5) is 4.76. The zero-order valence-corrected chi connectivity index (χ0v) is 11.1. The van der Waals surface area contributed by atoms with Crippen LogP contribution in [0.25, 0.3) is 0 Å². The van der Waals surface area contributed by atoms with E-state index in [1.54, 1.807) is 0 Å². The number of nitrogens with zero attached hydrogens (tertiary/aromatic N) is 2. The predicted octanol–water partition coefficient (Wildman–Crippen LogP) is 1.23. The monoisotopic (exact) mass is 249 g/mol. The zero-order valence-electron chi connectivity index (χ0n) is 11.1. The van der Waals surface area contributed by atoms with Gasteiger partial charge in [-0.1, -0.05) is 6.07 Å². The van der Waals surface area contributed by atoms with Crippen LogP contribution in [0.3, 0.4) is 0 Å². The van der Waals surface area contributed by atoms with Crippen LogP contribution in [-0.2, 0) is 0 Å². The van der Waals surface area contributed by atoms with Crippen LogP contribution in [0.1, 0.15) is 6.42 Å². The molecule has 1 aromatic carbocycles. The maximum Gasteiger partial charge on any atom is 0.0558 e. The lowest BCUT2D eigenvalue weighted by molar-refractivity contribution is 0.204.